The second kappa shape index (κ2) is 7.25. The van der Waals surface area contributed by atoms with E-state index in [1.54, 1.807) is 12.1 Å². The Bertz CT molecular complexity index is 697. The highest BCUT2D eigenvalue weighted by atomic mass is 16.2. The van der Waals surface area contributed by atoms with E-state index in [-0.39, 0.29) is 29.6 Å². The van der Waals surface area contributed by atoms with Crippen LogP contribution in [0.1, 0.15) is 48.5 Å². The molecule has 0 saturated heterocycles. The number of benzene rings is 1. The second-order valence-corrected chi connectivity index (χ2v) is 7.01. The lowest BCUT2D eigenvalue weighted by atomic mass is 10.1. The van der Waals surface area contributed by atoms with Crippen molar-refractivity contribution in [2.45, 2.75) is 45.6 Å². The summed E-state index contributed by atoms with van der Waals surface area (Å²) in [5.74, 6) is -0.814. The molecule has 25 heavy (non-hydrogen) atoms. The van der Waals surface area contributed by atoms with Crippen LogP contribution in [0.3, 0.4) is 0 Å². The molecule has 6 heteroatoms. The third kappa shape index (κ3) is 4.38. The van der Waals surface area contributed by atoms with Crippen LogP contribution < -0.4 is 16.0 Å². The standard InChI is InChI=1S/C19H25N3O3/c1-3-8-20-18(24)14-10-15(14)19(25)22-16-9-12(5-4-11(16)2)17(23)21-13-6-7-13/h4-5,9,13-15H,3,6-8,10H2,1-2H3,(H,20,24)(H,21,23)(H,22,25)/t14-,15-/m1/s1. The van der Waals surface area contributed by atoms with Crippen LogP contribution in [0.2, 0.25) is 0 Å². The van der Waals surface area contributed by atoms with E-state index in [4.69, 9.17) is 0 Å². The van der Waals surface area contributed by atoms with Crippen molar-refractivity contribution in [2.75, 3.05) is 11.9 Å². The zero-order chi connectivity index (χ0) is 18.0. The van der Waals surface area contributed by atoms with Gasteiger partial charge in [-0.2, -0.15) is 0 Å². The summed E-state index contributed by atoms with van der Waals surface area (Å²) in [6.45, 7) is 4.52. The molecule has 0 spiro atoms. The van der Waals surface area contributed by atoms with E-state index in [1.165, 1.54) is 0 Å². The minimum Gasteiger partial charge on any atom is -0.356 e. The molecule has 0 bridgehead atoms. The van der Waals surface area contributed by atoms with Crippen molar-refractivity contribution >= 4 is 23.4 Å². The van der Waals surface area contributed by atoms with Crippen molar-refractivity contribution < 1.29 is 14.4 Å². The lowest BCUT2D eigenvalue weighted by molar-refractivity contribution is -0.125. The number of hydrogen-bond donors (Lipinski definition) is 3. The normalized spacial score (nSPS) is 21.4. The van der Waals surface area contributed by atoms with Crippen LogP contribution in [0.25, 0.3) is 0 Å². The molecule has 2 fully saturated rings. The number of carbonyl (C=O) groups is 3. The number of rotatable bonds is 7. The van der Waals surface area contributed by atoms with E-state index in [2.05, 4.69) is 16.0 Å². The zero-order valence-electron chi connectivity index (χ0n) is 14.7. The summed E-state index contributed by atoms with van der Waals surface area (Å²) in [5.41, 5.74) is 2.07. The van der Waals surface area contributed by atoms with Gasteiger partial charge < -0.3 is 16.0 Å². The fourth-order valence-corrected chi connectivity index (χ4v) is 2.77. The first-order chi connectivity index (χ1) is 12.0. The molecule has 6 nitrogen and oxygen atoms in total. The number of nitrogens with one attached hydrogen (secondary N) is 3. The summed E-state index contributed by atoms with van der Waals surface area (Å²) in [4.78, 5) is 36.5. The topological polar surface area (TPSA) is 87.3 Å². The van der Waals surface area contributed by atoms with Gasteiger partial charge >= 0.3 is 0 Å². The summed E-state index contributed by atoms with van der Waals surface area (Å²) < 4.78 is 0. The Morgan fingerprint density at radius 2 is 1.84 bits per heavy atom. The van der Waals surface area contributed by atoms with Gasteiger partial charge in [-0.05, 0) is 50.3 Å². The smallest absolute Gasteiger partial charge is 0.251 e. The second-order valence-electron chi connectivity index (χ2n) is 7.01. The van der Waals surface area contributed by atoms with Crippen molar-refractivity contribution in [1.82, 2.24) is 10.6 Å². The molecule has 2 aliphatic carbocycles. The molecule has 3 rings (SSSR count). The molecular weight excluding hydrogens is 318 g/mol. The lowest BCUT2D eigenvalue weighted by Crippen LogP contribution is -2.28. The Labute approximate surface area is 147 Å². The van der Waals surface area contributed by atoms with Gasteiger partial charge in [0.2, 0.25) is 11.8 Å². The van der Waals surface area contributed by atoms with E-state index in [0.29, 0.717) is 30.3 Å². The van der Waals surface area contributed by atoms with Crippen molar-refractivity contribution in [3.05, 3.63) is 29.3 Å². The van der Waals surface area contributed by atoms with Gasteiger partial charge in [0.05, 0.1) is 11.8 Å². The molecule has 0 heterocycles. The highest BCUT2D eigenvalue weighted by molar-refractivity contribution is 6.01. The molecular formula is C19H25N3O3. The SMILES string of the molecule is CCCNC(=O)[C@@H]1C[C@H]1C(=O)Nc1cc(C(=O)NC2CC2)ccc1C. The van der Waals surface area contributed by atoms with E-state index < -0.39 is 0 Å². The lowest BCUT2D eigenvalue weighted by Gasteiger charge is -2.11. The quantitative estimate of drug-likeness (QED) is 0.707. The Morgan fingerprint density at radius 1 is 1.12 bits per heavy atom. The number of anilines is 1. The summed E-state index contributed by atoms with van der Waals surface area (Å²) >= 11 is 0. The molecule has 2 atom stereocenters. The van der Waals surface area contributed by atoms with Crippen LogP contribution in [-0.4, -0.2) is 30.3 Å². The van der Waals surface area contributed by atoms with E-state index >= 15 is 0 Å². The van der Waals surface area contributed by atoms with Gasteiger partial charge in [0.25, 0.3) is 5.91 Å². The summed E-state index contributed by atoms with van der Waals surface area (Å²) in [6, 6.07) is 5.59. The molecule has 3 N–H and O–H groups in total. The van der Waals surface area contributed by atoms with E-state index in [9.17, 15) is 14.4 Å². The van der Waals surface area contributed by atoms with Gasteiger partial charge in [-0.1, -0.05) is 13.0 Å². The fraction of sp³-hybridized carbons (Fsp3) is 0.526. The highest BCUT2D eigenvalue weighted by Gasteiger charge is 2.47. The third-order valence-electron chi connectivity index (χ3n) is 4.68. The van der Waals surface area contributed by atoms with Gasteiger partial charge in [-0.3, -0.25) is 14.4 Å². The molecule has 2 saturated carbocycles. The van der Waals surface area contributed by atoms with Gasteiger partial charge in [0.15, 0.2) is 0 Å². The molecule has 2 aliphatic rings. The van der Waals surface area contributed by atoms with Gasteiger partial charge in [-0.15, -0.1) is 0 Å². The average molecular weight is 343 g/mol. The third-order valence-corrected chi connectivity index (χ3v) is 4.68. The minimum absolute atomic E-state index is 0.0451. The zero-order valence-corrected chi connectivity index (χ0v) is 14.7. The number of hydrogen-bond acceptors (Lipinski definition) is 3. The molecule has 0 radical (unpaired) electrons. The van der Waals surface area contributed by atoms with Crippen LogP contribution in [-0.2, 0) is 9.59 Å². The average Bonchev–Trinajstić information content (AvgIpc) is 3.48. The highest BCUT2D eigenvalue weighted by Crippen LogP contribution is 2.39. The minimum atomic E-state index is -0.278. The van der Waals surface area contributed by atoms with Crippen molar-refractivity contribution in [2.24, 2.45) is 11.8 Å². The summed E-state index contributed by atoms with van der Waals surface area (Å²) in [6.07, 6.45) is 3.53. The van der Waals surface area contributed by atoms with Crippen molar-refractivity contribution in [3.8, 4) is 0 Å². The van der Waals surface area contributed by atoms with Crippen LogP contribution >= 0.6 is 0 Å². The molecule has 3 amide bonds. The fourth-order valence-electron chi connectivity index (χ4n) is 2.77. The molecule has 1 aromatic rings. The molecule has 0 aliphatic heterocycles. The van der Waals surface area contributed by atoms with Crippen molar-refractivity contribution in [1.29, 1.82) is 0 Å². The maximum absolute atomic E-state index is 12.4. The Balaban J connectivity index is 1.59. The number of amides is 3. The maximum Gasteiger partial charge on any atom is 0.251 e. The van der Waals surface area contributed by atoms with Crippen LogP contribution in [0.4, 0.5) is 5.69 Å². The monoisotopic (exact) mass is 343 g/mol. The largest absolute Gasteiger partial charge is 0.356 e. The van der Waals surface area contributed by atoms with E-state index in [0.717, 1.165) is 24.8 Å². The maximum atomic E-state index is 12.4. The van der Waals surface area contributed by atoms with Crippen LogP contribution in [0.15, 0.2) is 18.2 Å². The van der Waals surface area contributed by atoms with E-state index in [1.807, 2.05) is 19.9 Å². The summed E-state index contributed by atoms with van der Waals surface area (Å²) in [5, 5.41) is 8.65. The first-order valence-electron chi connectivity index (χ1n) is 8.99. The van der Waals surface area contributed by atoms with Gasteiger partial charge in [0, 0.05) is 23.8 Å². The molecule has 0 unspecified atom stereocenters. The predicted molar refractivity (Wildman–Crippen MR) is 95.2 cm³/mol. The molecule has 0 aromatic heterocycles. The van der Waals surface area contributed by atoms with Crippen molar-refractivity contribution in [3.63, 3.8) is 0 Å². The molecule has 134 valence electrons. The summed E-state index contributed by atoms with van der Waals surface area (Å²) in [7, 11) is 0. The Morgan fingerprint density at radius 3 is 2.52 bits per heavy atom. The number of aryl methyl sites for hydroxylation is 1. The first kappa shape index (κ1) is 17.5. The number of carbonyl (C=O) groups excluding carboxylic acids is 3. The Hall–Kier alpha value is -2.37. The van der Waals surface area contributed by atoms with Gasteiger partial charge in [0.1, 0.15) is 0 Å². The van der Waals surface area contributed by atoms with Crippen LogP contribution in [0, 0.1) is 18.8 Å². The molecule has 1 aromatic carbocycles. The van der Waals surface area contributed by atoms with Crippen LogP contribution in [0.5, 0.6) is 0 Å². The first-order valence-corrected chi connectivity index (χ1v) is 8.99. The van der Waals surface area contributed by atoms with Gasteiger partial charge in [-0.25, -0.2) is 0 Å². The Kier molecular flexibility index (Phi) is 5.06. The predicted octanol–water partition coefficient (Wildman–Crippen LogP) is 1.99.